The predicted molar refractivity (Wildman–Crippen MR) is 85.0 cm³/mol. The normalized spacial score (nSPS) is 12.0. The molecular weight excluding hydrogens is 276 g/mol. The van der Waals surface area contributed by atoms with E-state index in [2.05, 4.69) is 30.3 Å². The van der Waals surface area contributed by atoms with Crippen molar-refractivity contribution in [3.8, 4) is 11.8 Å². The van der Waals surface area contributed by atoms with Gasteiger partial charge in [-0.05, 0) is 57.7 Å². The highest BCUT2D eigenvalue weighted by Crippen LogP contribution is 2.27. The average Bonchev–Trinajstić information content (AvgIpc) is 2.82. The number of nitriles is 1. The van der Waals surface area contributed by atoms with Crippen LogP contribution in [0.4, 0.5) is 0 Å². The fourth-order valence-electron chi connectivity index (χ4n) is 2.59. The lowest BCUT2D eigenvalue weighted by Gasteiger charge is -2.12. The van der Waals surface area contributed by atoms with E-state index in [0.29, 0.717) is 6.61 Å². The predicted octanol–water partition coefficient (Wildman–Crippen LogP) is 4.37. The largest absolute Gasteiger partial charge is 0.493 e. The van der Waals surface area contributed by atoms with Gasteiger partial charge in [0, 0.05) is 5.56 Å². The highest BCUT2D eigenvalue weighted by atomic mass is 16.5. The first-order valence-corrected chi connectivity index (χ1v) is 7.55. The molecule has 1 atom stereocenters. The van der Waals surface area contributed by atoms with Crippen LogP contribution in [0.15, 0.2) is 22.7 Å². The summed E-state index contributed by atoms with van der Waals surface area (Å²) in [5, 5.41) is 13.3. The molecule has 0 aliphatic carbocycles. The van der Waals surface area contributed by atoms with Crippen molar-refractivity contribution in [3.63, 3.8) is 0 Å². The van der Waals surface area contributed by atoms with Gasteiger partial charge in [-0.3, -0.25) is 0 Å². The van der Waals surface area contributed by atoms with E-state index >= 15 is 0 Å². The molecule has 0 N–H and O–H groups in total. The Bertz CT molecular complexity index is 663. The summed E-state index contributed by atoms with van der Waals surface area (Å²) >= 11 is 0. The molecule has 0 saturated carbocycles. The molecule has 0 aliphatic rings. The van der Waals surface area contributed by atoms with Crippen molar-refractivity contribution in [3.05, 3.63) is 46.3 Å². The van der Waals surface area contributed by atoms with E-state index in [9.17, 15) is 5.26 Å². The number of benzene rings is 1. The topological polar surface area (TPSA) is 59.0 Å². The Labute approximate surface area is 131 Å². The maximum Gasteiger partial charge on any atom is 0.138 e. The van der Waals surface area contributed by atoms with Crippen LogP contribution in [-0.2, 0) is 0 Å². The monoisotopic (exact) mass is 298 g/mol. The van der Waals surface area contributed by atoms with E-state index in [-0.39, 0.29) is 5.92 Å². The van der Waals surface area contributed by atoms with E-state index in [0.717, 1.165) is 41.2 Å². The van der Waals surface area contributed by atoms with Crippen LogP contribution in [0, 0.1) is 39.0 Å². The fraction of sp³-hybridized carbons (Fsp3) is 0.444. The molecule has 0 amide bonds. The van der Waals surface area contributed by atoms with Crippen molar-refractivity contribution in [1.82, 2.24) is 5.16 Å². The Morgan fingerprint density at radius 2 is 2.05 bits per heavy atom. The molecule has 0 spiro atoms. The summed E-state index contributed by atoms with van der Waals surface area (Å²) in [6, 6.07) is 8.53. The van der Waals surface area contributed by atoms with Crippen LogP contribution in [-0.4, -0.2) is 11.8 Å². The molecule has 2 rings (SSSR count). The summed E-state index contributed by atoms with van der Waals surface area (Å²) in [5.74, 6) is 1.47. The van der Waals surface area contributed by atoms with Gasteiger partial charge in [0.05, 0.1) is 24.3 Å². The molecule has 0 fully saturated rings. The summed E-state index contributed by atoms with van der Waals surface area (Å²) in [5.41, 5.74) is 4.05. The van der Waals surface area contributed by atoms with Crippen LogP contribution in [0.3, 0.4) is 0 Å². The van der Waals surface area contributed by atoms with Gasteiger partial charge in [-0.25, -0.2) is 0 Å². The summed E-state index contributed by atoms with van der Waals surface area (Å²) in [7, 11) is 0. The first-order valence-electron chi connectivity index (χ1n) is 7.55. The van der Waals surface area contributed by atoms with Gasteiger partial charge in [0.25, 0.3) is 0 Å². The van der Waals surface area contributed by atoms with Crippen LogP contribution < -0.4 is 4.74 Å². The van der Waals surface area contributed by atoms with Crippen LogP contribution in [0.25, 0.3) is 0 Å². The molecule has 0 aliphatic heterocycles. The Balaban J connectivity index is 1.90. The van der Waals surface area contributed by atoms with Gasteiger partial charge in [-0.15, -0.1) is 0 Å². The van der Waals surface area contributed by atoms with Gasteiger partial charge >= 0.3 is 0 Å². The van der Waals surface area contributed by atoms with Crippen molar-refractivity contribution in [2.75, 3.05) is 6.61 Å². The zero-order valence-electron chi connectivity index (χ0n) is 13.6. The van der Waals surface area contributed by atoms with Gasteiger partial charge in [-0.1, -0.05) is 17.3 Å². The number of ether oxygens (including phenoxy) is 1. The number of hydrogen-bond donors (Lipinski definition) is 0. The van der Waals surface area contributed by atoms with Gasteiger partial charge in [0.2, 0.25) is 0 Å². The number of aryl methyl sites for hydroxylation is 4. The molecule has 1 aromatic heterocycles. The van der Waals surface area contributed by atoms with Crippen LogP contribution in [0.5, 0.6) is 5.75 Å². The average molecular weight is 298 g/mol. The van der Waals surface area contributed by atoms with Crippen molar-refractivity contribution >= 4 is 0 Å². The van der Waals surface area contributed by atoms with Gasteiger partial charge in [-0.2, -0.15) is 5.26 Å². The zero-order chi connectivity index (χ0) is 16.1. The molecule has 0 bridgehead atoms. The minimum absolute atomic E-state index is 0.187. The van der Waals surface area contributed by atoms with E-state index in [1.54, 1.807) is 0 Å². The number of nitrogens with zero attached hydrogens (tertiary/aromatic N) is 2. The summed E-state index contributed by atoms with van der Waals surface area (Å²) in [4.78, 5) is 0. The molecule has 22 heavy (non-hydrogen) atoms. The number of rotatable bonds is 6. The second kappa shape index (κ2) is 7.13. The summed E-state index contributed by atoms with van der Waals surface area (Å²) in [6.07, 6.45) is 1.56. The quantitative estimate of drug-likeness (QED) is 0.743. The molecule has 1 aromatic carbocycles. The summed E-state index contributed by atoms with van der Waals surface area (Å²) < 4.78 is 11.0. The lowest BCUT2D eigenvalue weighted by atomic mass is 9.94. The first-order chi connectivity index (χ1) is 10.5. The third-order valence-corrected chi connectivity index (χ3v) is 3.83. The molecule has 4 heteroatoms. The van der Waals surface area contributed by atoms with Crippen LogP contribution in [0.1, 0.15) is 46.9 Å². The van der Waals surface area contributed by atoms with E-state index < -0.39 is 0 Å². The summed E-state index contributed by atoms with van der Waals surface area (Å²) in [6.45, 7) is 8.42. The Hall–Kier alpha value is -2.28. The Morgan fingerprint density at radius 1 is 1.27 bits per heavy atom. The number of hydrogen-bond acceptors (Lipinski definition) is 4. The second-order valence-corrected chi connectivity index (χ2v) is 5.68. The molecule has 1 heterocycles. The standard InChI is InChI=1S/C18H22N2O2/c1-12-7-8-13(2)17(10-12)21-9-5-6-16(11-19)18-14(3)20-22-15(18)4/h7-8,10,16H,5-6,9H2,1-4H3. The smallest absolute Gasteiger partial charge is 0.138 e. The maximum atomic E-state index is 9.38. The molecular formula is C18H22N2O2. The van der Waals surface area contributed by atoms with E-state index in [1.807, 2.05) is 26.8 Å². The van der Waals surface area contributed by atoms with Gasteiger partial charge < -0.3 is 9.26 Å². The second-order valence-electron chi connectivity index (χ2n) is 5.68. The molecule has 0 saturated heterocycles. The molecule has 116 valence electrons. The molecule has 2 aromatic rings. The highest BCUT2D eigenvalue weighted by molar-refractivity contribution is 5.36. The highest BCUT2D eigenvalue weighted by Gasteiger charge is 2.19. The zero-order valence-corrected chi connectivity index (χ0v) is 13.6. The van der Waals surface area contributed by atoms with E-state index in [1.165, 1.54) is 5.56 Å². The fourth-order valence-corrected chi connectivity index (χ4v) is 2.59. The molecule has 4 nitrogen and oxygen atoms in total. The maximum absolute atomic E-state index is 9.38. The molecule has 0 radical (unpaired) electrons. The van der Waals surface area contributed by atoms with Gasteiger partial charge in [0.1, 0.15) is 11.5 Å². The van der Waals surface area contributed by atoms with Crippen molar-refractivity contribution in [1.29, 1.82) is 5.26 Å². The van der Waals surface area contributed by atoms with Crippen molar-refractivity contribution < 1.29 is 9.26 Å². The Morgan fingerprint density at radius 3 is 2.68 bits per heavy atom. The lowest BCUT2D eigenvalue weighted by molar-refractivity contribution is 0.302. The van der Waals surface area contributed by atoms with Crippen molar-refractivity contribution in [2.45, 2.75) is 46.5 Å². The van der Waals surface area contributed by atoms with Crippen LogP contribution in [0.2, 0.25) is 0 Å². The minimum Gasteiger partial charge on any atom is -0.493 e. The lowest BCUT2D eigenvalue weighted by Crippen LogP contribution is -2.04. The van der Waals surface area contributed by atoms with Crippen LogP contribution >= 0.6 is 0 Å². The first kappa shape index (κ1) is 16.1. The minimum atomic E-state index is -0.187. The SMILES string of the molecule is Cc1ccc(C)c(OCCCC(C#N)c2c(C)noc2C)c1. The third-order valence-electron chi connectivity index (χ3n) is 3.83. The molecule has 1 unspecified atom stereocenters. The van der Waals surface area contributed by atoms with Gasteiger partial charge in [0.15, 0.2) is 0 Å². The van der Waals surface area contributed by atoms with E-state index in [4.69, 9.17) is 9.26 Å². The third kappa shape index (κ3) is 3.67. The van der Waals surface area contributed by atoms with Crippen molar-refractivity contribution in [2.24, 2.45) is 0 Å². The number of aromatic nitrogens is 1. The Kier molecular flexibility index (Phi) is 5.21.